The number of nitrogens with zero attached hydrogens (tertiary/aromatic N) is 1. The zero-order valence-corrected chi connectivity index (χ0v) is 12.8. The number of ether oxygens (including phenoxy) is 1. The Labute approximate surface area is 120 Å². The Morgan fingerprint density at radius 1 is 1.35 bits per heavy atom. The molecule has 0 saturated heterocycles. The molecular weight excluding hydrogens is 276 g/mol. The van der Waals surface area contributed by atoms with E-state index < -0.39 is 15.4 Å². The molecule has 1 N–H and O–H groups in total. The van der Waals surface area contributed by atoms with Crippen LogP contribution in [0.5, 0.6) is 5.75 Å². The van der Waals surface area contributed by atoms with E-state index in [0.29, 0.717) is 5.75 Å². The van der Waals surface area contributed by atoms with Gasteiger partial charge in [-0.25, -0.2) is 8.42 Å². The second-order valence-electron chi connectivity index (χ2n) is 4.90. The number of nitriles is 1. The van der Waals surface area contributed by atoms with Crippen molar-refractivity contribution in [2.45, 2.75) is 30.7 Å². The first-order valence-corrected chi connectivity index (χ1v) is 8.29. The maximum Gasteiger partial charge on any atom is 0.175 e. The summed E-state index contributed by atoms with van der Waals surface area (Å²) in [4.78, 5) is 0.247. The zero-order chi connectivity index (χ0) is 15.2. The molecule has 0 spiro atoms. The summed E-state index contributed by atoms with van der Waals surface area (Å²) in [6.07, 6.45) is 2.09. The van der Waals surface area contributed by atoms with E-state index in [4.69, 9.17) is 10.00 Å². The molecule has 0 aromatic heterocycles. The third kappa shape index (κ3) is 4.83. The van der Waals surface area contributed by atoms with Gasteiger partial charge in [-0.2, -0.15) is 5.26 Å². The van der Waals surface area contributed by atoms with Crippen molar-refractivity contribution in [3.8, 4) is 11.8 Å². The second kappa shape index (κ2) is 6.73. The number of benzene rings is 1. The van der Waals surface area contributed by atoms with Gasteiger partial charge in [-0.1, -0.05) is 6.92 Å². The highest BCUT2D eigenvalue weighted by atomic mass is 32.2. The molecule has 0 aliphatic rings. The molecule has 0 heterocycles. The van der Waals surface area contributed by atoms with E-state index in [2.05, 4.69) is 11.4 Å². The van der Waals surface area contributed by atoms with E-state index >= 15 is 0 Å². The van der Waals surface area contributed by atoms with Crippen molar-refractivity contribution < 1.29 is 13.2 Å². The molecule has 0 aliphatic heterocycles. The molecule has 1 atom stereocenters. The molecule has 110 valence electrons. The molecular formula is C14H20N2O3S. The van der Waals surface area contributed by atoms with E-state index in [1.165, 1.54) is 12.1 Å². The lowest BCUT2D eigenvalue weighted by molar-refractivity contribution is 0.234. The number of hydrogen-bond donors (Lipinski definition) is 1. The summed E-state index contributed by atoms with van der Waals surface area (Å²) in [5.74, 6) is 0.539. The minimum Gasteiger partial charge on any atom is -0.491 e. The zero-order valence-electron chi connectivity index (χ0n) is 12.0. The summed E-state index contributed by atoms with van der Waals surface area (Å²) in [6, 6.07) is 8.36. The van der Waals surface area contributed by atoms with E-state index in [1.807, 2.05) is 6.92 Å². The number of rotatable bonds is 7. The molecule has 1 aromatic carbocycles. The predicted octanol–water partition coefficient (Wildman–Crippen LogP) is 1.75. The van der Waals surface area contributed by atoms with Crippen LogP contribution in [0.3, 0.4) is 0 Å². The van der Waals surface area contributed by atoms with Crippen molar-refractivity contribution in [1.82, 2.24) is 5.32 Å². The smallest absolute Gasteiger partial charge is 0.175 e. The summed E-state index contributed by atoms with van der Waals surface area (Å²) in [6.45, 7) is 4.73. The Bertz CT molecular complexity index is 575. The molecule has 0 radical (unpaired) electrons. The third-order valence-corrected chi connectivity index (χ3v) is 3.92. The number of sulfone groups is 1. The average molecular weight is 296 g/mol. The molecule has 0 fully saturated rings. The van der Waals surface area contributed by atoms with Gasteiger partial charge in [-0.05, 0) is 44.2 Å². The number of hydrogen-bond acceptors (Lipinski definition) is 5. The van der Waals surface area contributed by atoms with Gasteiger partial charge in [0.2, 0.25) is 0 Å². The Morgan fingerprint density at radius 2 is 1.95 bits per heavy atom. The molecule has 1 aromatic rings. The van der Waals surface area contributed by atoms with Crippen molar-refractivity contribution in [2.75, 3.05) is 19.4 Å². The van der Waals surface area contributed by atoms with Crippen LogP contribution in [0, 0.1) is 11.3 Å². The van der Waals surface area contributed by atoms with E-state index in [-0.39, 0.29) is 11.5 Å². The maximum atomic E-state index is 11.3. The van der Waals surface area contributed by atoms with Gasteiger partial charge >= 0.3 is 0 Å². The predicted molar refractivity (Wildman–Crippen MR) is 77.4 cm³/mol. The first-order valence-electron chi connectivity index (χ1n) is 6.40. The Kier molecular flexibility index (Phi) is 5.54. The van der Waals surface area contributed by atoms with Crippen molar-refractivity contribution in [3.63, 3.8) is 0 Å². The molecule has 20 heavy (non-hydrogen) atoms. The van der Waals surface area contributed by atoms with Crippen LogP contribution >= 0.6 is 0 Å². The van der Waals surface area contributed by atoms with Crippen LogP contribution in [0.25, 0.3) is 0 Å². The van der Waals surface area contributed by atoms with Crippen LogP contribution in [-0.4, -0.2) is 33.4 Å². The molecule has 1 rings (SSSR count). The summed E-state index contributed by atoms with van der Waals surface area (Å²) >= 11 is 0. The van der Waals surface area contributed by atoms with Crippen molar-refractivity contribution >= 4 is 9.84 Å². The van der Waals surface area contributed by atoms with Crippen molar-refractivity contribution in [2.24, 2.45) is 0 Å². The van der Waals surface area contributed by atoms with E-state index in [9.17, 15) is 8.42 Å². The molecule has 0 saturated carbocycles. The monoisotopic (exact) mass is 296 g/mol. The average Bonchev–Trinajstić information content (AvgIpc) is 2.42. The molecule has 0 aliphatic carbocycles. The van der Waals surface area contributed by atoms with E-state index in [0.717, 1.165) is 19.2 Å². The van der Waals surface area contributed by atoms with Gasteiger partial charge in [0, 0.05) is 6.26 Å². The fraction of sp³-hybridized carbons (Fsp3) is 0.500. The van der Waals surface area contributed by atoms with Crippen LogP contribution < -0.4 is 10.1 Å². The first kappa shape index (κ1) is 16.5. The van der Waals surface area contributed by atoms with Gasteiger partial charge < -0.3 is 4.74 Å². The lowest BCUT2D eigenvalue weighted by Gasteiger charge is -2.23. The highest BCUT2D eigenvalue weighted by molar-refractivity contribution is 7.90. The quantitative estimate of drug-likeness (QED) is 0.829. The lowest BCUT2D eigenvalue weighted by atomic mass is 10.1. The minimum absolute atomic E-state index is 0.196. The molecule has 1 unspecified atom stereocenters. The Morgan fingerprint density at radius 3 is 2.40 bits per heavy atom. The van der Waals surface area contributed by atoms with Gasteiger partial charge in [0.15, 0.2) is 9.84 Å². The first-order chi connectivity index (χ1) is 9.30. The maximum absolute atomic E-state index is 11.3. The SMILES string of the molecule is CCCNC(C)(C#N)COc1ccc(S(C)(=O)=O)cc1. The summed E-state index contributed by atoms with van der Waals surface area (Å²) in [5, 5.41) is 12.3. The summed E-state index contributed by atoms with van der Waals surface area (Å²) < 4.78 is 28.2. The number of nitrogens with one attached hydrogen (secondary N) is 1. The Balaban J connectivity index is 2.68. The standard InChI is InChI=1S/C14H20N2O3S/c1-4-9-16-14(2,10-15)11-19-12-5-7-13(8-6-12)20(3,17)18/h5-8,16H,4,9,11H2,1-3H3. The van der Waals surface area contributed by atoms with Crippen LogP contribution in [0.2, 0.25) is 0 Å². The van der Waals surface area contributed by atoms with Gasteiger partial charge in [0.1, 0.15) is 17.9 Å². The highest BCUT2D eigenvalue weighted by Crippen LogP contribution is 2.17. The van der Waals surface area contributed by atoms with Crippen LogP contribution in [0.4, 0.5) is 0 Å². The molecule has 0 bridgehead atoms. The third-order valence-electron chi connectivity index (χ3n) is 2.79. The highest BCUT2D eigenvalue weighted by Gasteiger charge is 2.23. The largest absolute Gasteiger partial charge is 0.491 e. The molecule has 0 amide bonds. The Hall–Kier alpha value is -1.58. The topological polar surface area (TPSA) is 79.2 Å². The second-order valence-corrected chi connectivity index (χ2v) is 6.92. The van der Waals surface area contributed by atoms with Gasteiger partial charge in [0.25, 0.3) is 0 Å². The van der Waals surface area contributed by atoms with Crippen LogP contribution in [0.15, 0.2) is 29.2 Å². The normalized spacial score (nSPS) is 14.3. The summed E-state index contributed by atoms with van der Waals surface area (Å²) in [5.41, 5.74) is -0.758. The van der Waals surface area contributed by atoms with Crippen molar-refractivity contribution in [3.05, 3.63) is 24.3 Å². The minimum atomic E-state index is -3.20. The van der Waals surface area contributed by atoms with Gasteiger partial charge in [-0.3, -0.25) is 5.32 Å². The van der Waals surface area contributed by atoms with Gasteiger partial charge in [-0.15, -0.1) is 0 Å². The fourth-order valence-electron chi connectivity index (χ4n) is 1.53. The van der Waals surface area contributed by atoms with E-state index in [1.54, 1.807) is 19.1 Å². The van der Waals surface area contributed by atoms with Crippen LogP contribution in [0.1, 0.15) is 20.3 Å². The van der Waals surface area contributed by atoms with Crippen LogP contribution in [-0.2, 0) is 9.84 Å². The summed E-state index contributed by atoms with van der Waals surface area (Å²) in [7, 11) is -3.20. The van der Waals surface area contributed by atoms with Crippen molar-refractivity contribution in [1.29, 1.82) is 5.26 Å². The fourth-order valence-corrected chi connectivity index (χ4v) is 2.16. The molecule has 5 nitrogen and oxygen atoms in total. The molecule has 6 heteroatoms. The van der Waals surface area contributed by atoms with Gasteiger partial charge in [0.05, 0.1) is 11.0 Å². The lowest BCUT2D eigenvalue weighted by Crippen LogP contribution is -2.46.